The first-order chi connectivity index (χ1) is 9.44. The molecule has 0 bridgehead atoms. The zero-order valence-corrected chi connectivity index (χ0v) is 14.7. The highest BCUT2D eigenvalue weighted by Crippen LogP contribution is 2.31. The molecule has 1 aromatic carbocycles. The largest absolute Gasteiger partial charge is 0.290 e. The van der Waals surface area contributed by atoms with Crippen LogP contribution in [-0.4, -0.2) is 9.55 Å². The van der Waals surface area contributed by atoms with Gasteiger partial charge in [-0.1, -0.05) is 44.0 Å². The van der Waals surface area contributed by atoms with Gasteiger partial charge in [-0.25, -0.2) is 4.98 Å². The second-order valence-electron chi connectivity index (χ2n) is 7.25. The highest BCUT2D eigenvalue weighted by Gasteiger charge is 2.29. The Labute approximate surface area is 134 Å². The molecule has 3 nitrogen and oxygen atoms in total. The zero-order valence-electron chi connectivity index (χ0n) is 13.2. The summed E-state index contributed by atoms with van der Waals surface area (Å²) in [5.74, 6) is 0.705. The van der Waals surface area contributed by atoms with Gasteiger partial charge in [0.25, 0.3) is 5.56 Å². The Morgan fingerprint density at radius 1 is 1.00 bits per heavy atom. The van der Waals surface area contributed by atoms with Crippen LogP contribution in [0, 0.1) is 0 Å². The van der Waals surface area contributed by atoms with Crippen LogP contribution in [0.5, 0.6) is 0 Å². The lowest BCUT2D eigenvalue weighted by Crippen LogP contribution is -2.40. The van der Waals surface area contributed by atoms with E-state index >= 15 is 0 Å². The van der Waals surface area contributed by atoms with E-state index < -0.39 is 5.54 Å². The van der Waals surface area contributed by atoms with E-state index in [1.165, 1.54) is 0 Å². The van der Waals surface area contributed by atoms with E-state index in [1.54, 1.807) is 16.7 Å². The van der Waals surface area contributed by atoms with Gasteiger partial charge in [-0.15, -0.1) is 0 Å². The van der Waals surface area contributed by atoms with E-state index in [1.807, 2.05) is 41.5 Å². The number of aromatic nitrogens is 2. The average Bonchev–Trinajstić information content (AvgIpc) is 2.30. The summed E-state index contributed by atoms with van der Waals surface area (Å²) in [5, 5.41) is 1.20. The fourth-order valence-corrected chi connectivity index (χ4v) is 2.78. The lowest BCUT2D eigenvalue weighted by atomic mass is 9.93. The van der Waals surface area contributed by atoms with Crippen LogP contribution in [0.3, 0.4) is 0 Å². The second-order valence-corrected chi connectivity index (χ2v) is 8.06. The van der Waals surface area contributed by atoms with Gasteiger partial charge in [-0.05, 0) is 32.9 Å². The van der Waals surface area contributed by atoms with E-state index in [-0.39, 0.29) is 11.0 Å². The normalized spacial score (nSPS) is 13.0. The van der Waals surface area contributed by atoms with Crippen LogP contribution in [0.15, 0.2) is 16.9 Å². The van der Waals surface area contributed by atoms with E-state index in [0.29, 0.717) is 26.8 Å². The van der Waals surface area contributed by atoms with E-state index in [9.17, 15) is 4.79 Å². The van der Waals surface area contributed by atoms with Crippen molar-refractivity contribution in [3.05, 3.63) is 38.4 Å². The van der Waals surface area contributed by atoms with Crippen molar-refractivity contribution in [2.24, 2.45) is 0 Å². The number of benzene rings is 1. The fraction of sp³-hybridized carbons (Fsp3) is 0.500. The third-order valence-corrected chi connectivity index (χ3v) is 3.89. The minimum Gasteiger partial charge on any atom is -0.290 e. The Kier molecular flexibility index (Phi) is 3.88. The molecule has 0 N–H and O–H groups in total. The predicted octanol–water partition coefficient (Wildman–Crippen LogP) is 4.76. The Balaban J connectivity index is 3.11. The molecule has 0 unspecified atom stereocenters. The Hall–Kier alpha value is -1.06. The summed E-state index contributed by atoms with van der Waals surface area (Å²) < 4.78 is 1.72. The molecule has 0 aliphatic heterocycles. The van der Waals surface area contributed by atoms with Crippen LogP contribution < -0.4 is 5.56 Å². The van der Waals surface area contributed by atoms with Gasteiger partial charge in [0.1, 0.15) is 5.82 Å². The van der Waals surface area contributed by atoms with Crippen LogP contribution in [-0.2, 0) is 11.0 Å². The molecule has 0 fully saturated rings. The van der Waals surface area contributed by atoms with E-state index in [4.69, 9.17) is 23.2 Å². The van der Waals surface area contributed by atoms with Crippen LogP contribution in [0.1, 0.15) is 47.4 Å². The molecule has 5 heteroatoms. The Morgan fingerprint density at radius 2 is 1.52 bits per heavy atom. The topological polar surface area (TPSA) is 34.9 Å². The van der Waals surface area contributed by atoms with Crippen LogP contribution in [0.25, 0.3) is 10.9 Å². The molecule has 1 heterocycles. The van der Waals surface area contributed by atoms with Gasteiger partial charge in [-0.2, -0.15) is 0 Å². The summed E-state index contributed by atoms with van der Waals surface area (Å²) in [7, 11) is 0. The first-order valence-corrected chi connectivity index (χ1v) is 7.62. The lowest BCUT2D eigenvalue weighted by molar-refractivity contribution is 0.338. The third kappa shape index (κ3) is 2.82. The van der Waals surface area contributed by atoms with Crippen molar-refractivity contribution in [2.45, 2.75) is 52.5 Å². The number of hydrogen-bond donors (Lipinski definition) is 0. The van der Waals surface area contributed by atoms with Gasteiger partial charge in [0, 0.05) is 11.0 Å². The fourth-order valence-electron chi connectivity index (χ4n) is 2.34. The van der Waals surface area contributed by atoms with Gasteiger partial charge < -0.3 is 0 Å². The van der Waals surface area contributed by atoms with Crippen molar-refractivity contribution < 1.29 is 0 Å². The molecule has 0 saturated heterocycles. The molecular weight excluding hydrogens is 307 g/mol. The summed E-state index contributed by atoms with van der Waals surface area (Å²) >= 11 is 12.4. The molecule has 21 heavy (non-hydrogen) atoms. The minimum atomic E-state index is -0.396. The zero-order chi connectivity index (χ0) is 16.2. The standard InChI is InChI=1S/C16H20Cl2N2O/c1-15(2,3)14-19-12-10(18)8-7-9(17)11(12)13(21)20(14)16(4,5)6/h7-8H,1-6H3. The minimum absolute atomic E-state index is 0.148. The summed E-state index contributed by atoms with van der Waals surface area (Å²) in [6, 6.07) is 3.31. The Bertz CT molecular complexity index is 765. The van der Waals surface area contributed by atoms with Crippen molar-refractivity contribution in [3.8, 4) is 0 Å². The first kappa shape index (κ1) is 16.3. The highest BCUT2D eigenvalue weighted by molar-refractivity contribution is 6.39. The smallest absolute Gasteiger partial charge is 0.263 e. The summed E-state index contributed by atoms with van der Waals surface area (Å²) in [4.78, 5) is 17.7. The molecule has 0 aliphatic carbocycles. The molecule has 114 valence electrons. The molecule has 0 amide bonds. The average molecular weight is 327 g/mol. The van der Waals surface area contributed by atoms with Gasteiger partial charge in [0.15, 0.2) is 0 Å². The lowest BCUT2D eigenvalue weighted by Gasteiger charge is -2.31. The van der Waals surface area contributed by atoms with Crippen molar-refractivity contribution in [1.82, 2.24) is 9.55 Å². The third-order valence-electron chi connectivity index (χ3n) is 3.27. The highest BCUT2D eigenvalue weighted by atomic mass is 35.5. The van der Waals surface area contributed by atoms with Crippen LogP contribution in [0.4, 0.5) is 0 Å². The molecule has 1 aromatic heterocycles. The molecule has 0 saturated carbocycles. The molecule has 2 aromatic rings. The number of hydrogen-bond acceptors (Lipinski definition) is 2. The first-order valence-electron chi connectivity index (χ1n) is 6.86. The van der Waals surface area contributed by atoms with Crippen molar-refractivity contribution in [2.75, 3.05) is 0 Å². The summed E-state index contributed by atoms with van der Waals surface area (Å²) in [6.07, 6.45) is 0. The van der Waals surface area contributed by atoms with Crippen molar-refractivity contribution in [3.63, 3.8) is 0 Å². The second kappa shape index (κ2) is 4.99. The van der Waals surface area contributed by atoms with E-state index in [2.05, 4.69) is 4.98 Å². The maximum Gasteiger partial charge on any atom is 0.263 e. The van der Waals surface area contributed by atoms with Gasteiger partial charge >= 0.3 is 0 Å². The van der Waals surface area contributed by atoms with Gasteiger partial charge in [0.2, 0.25) is 0 Å². The molecule has 2 rings (SSSR count). The van der Waals surface area contributed by atoms with Gasteiger partial charge in [0.05, 0.1) is 20.9 Å². The molecule has 0 atom stereocenters. The predicted molar refractivity (Wildman–Crippen MR) is 89.7 cm³/mol. The van der Waals surface area contributed by atoms with E-state index in [0.717, 1.165) is 0 Å². The summed E-state index contributed by atoms with van der Waals surface area (Å²) in [5.41, 5.74) is -0.358. The van der Waals surface area contributed by atoms with Crippen molar-refractivity contribution >= 4 is 34.1 Å². The van der Waals surface area contributed by atoms with Gasteiger partial charge in [-0.3, -0.25) is 9.36 Å². The summed E-state index contributed by atoms with van der Waals surface area (Å²) in [6.45, 7) is 12.0. The monoisotopic (exact) mass is 326 g/mol. The number of halogens is 2. The quantitative estimate of drug-likeness (QED) is 0.699. The van der Waals surface area contributed by atoms with Crippen LogP contribution in [0.2, 0.25) is 10.0 Å². The molecular formula is C16H20Cl2N2O. The molecule has 0 aliphatic rings. The maximum atomic E-state index is 13.0. The maximum absolute atomic E-state index is 13.0. The Morgan fingerprint density at radius 3 is 2.00 bits per heavy atom. The molecule has 0 spiro atoms. The number of fused-ring (bicyclic) bond motifs is 1. The number of nitrogens with zero attached hydrogens (tertiary/aromatic N) is 2. The van der Waals surface area contributed by atoms with Crippen LogP contribution >= 0.6 is 23.2 Å². The van der Waals surface area contributed by atoms with Crippen molar-refractivity contribution in [1.29, 1.82) is 0 Å². The molecule has 0 radical (unpaired) electrons. The SMILES string of the molecule is CC(C)(C)c1nc2c(Cl)ccc(Cl)c2c(=O)n1C(C)(C)C. The number of rotatable bonds is 0.